The molecule has 0 aliphatic carbocycles. The largest absolute Gasteiger partial charge is 0.388 e. The number of rotatable bonds is 12. The van der Waals surface area contributed by atoms with E-state index in [2.05, 4.69) is 0 Å². The van der Waals surface area contributed by atoms with E-state index in [-0.39, 0.29) is 13.2 Å². The molecule has 7 rings (SSSR count). The van der Waals surface area contributed by atoms with Crippen molar-refractivity contribution in [3.05, 3.63) is 0 Å². The van der Waals surface area contributed by atoms with Gasteiger partial charge in [0.05, 0.1) is 46.2 Å². The molecular weight excluding hydrogens is 884 g/mol. The smallest absolute Gasteiger partial charge is 0.186 e. The lowest BCUT2D eigenvalue weighted by molar-refractivity contribution is -0.367. The Balaban J connectivity index is 0.826. The molecule has 28 atom stereocenters. The monoisotopic (exact) mass is 942 g/mol. The zero-order valence-corrected chi connectivity index (χ0v) is 33.6. The van der Waals surface area contributed by atoms with Gasteiger partial charge in [0.25, 0.3) is 0 Å². The highest BCUT2D eigenvalue weighted by atomic mass is 16.8. The molecule has 0 bridgehead atoms. The Morgan fingerprint density at radius 1 is 0.219 bits per heavy atom. The highest BCUT2D eigenvalue weighted by molar-refractivity contribution is 4.94. The Morgan fingerprint density at radius 3 is 0.688 bits per heavy atom. The maximum Gasteiger partial charge on any atom is 0.186 e. The zero-order valence-electron chi connectivity index (χ0n) is 33.6. The first-order valence-corrected chi connectivity index (χ1v) is 20.5. The van der Waals surface area contributed by atoms with Gasteiger partial charge >= 0.3 is 0 Å². The van der Waals surface area contributed by atoms with Crippen LogP contribution in [0.15, 0.2) is 0 Å². The van der Waals surface area contributed by atoms with Gasteiger partial charge in [0.2, 0.25) is 0 Å². The van der Waals surface area contributed by atoms with E-state index in [1.54, 1.807) is 0 Å². The average molecular weight is 943 g/mol. The van der Waals surface area contributed by atoms with Crippen molar-refractivity contribution in [2.24, 2.45) is 0 Å². The van der Waals surface area contributed by atoms with E-state index in [4.69, 9.17) is 61.6 Å². The molecule has 0 aromatic rings. The van der Waals surface area contributed by atoms with E-state index in [0.717, 1.165) is 0 Å². The molecule has 64 heavy (non-hydrogen) atoms. The molecule has 7 fully saturated rings. The first-order chi connectivity index (χ1) is 30.4. The lowest BCUT2D eigenvalue weighted by Crippen LogP contribution is -2.63. The van der Waals surface area contributed by atoms with Crippen LogP contribution in [0, 0.1) is 0 Å². The van der Waals surface area contributed by atoms with Crippen LogP contribution in [-0.4, -0.2) is 300 Å². The first kappa shape index (κ1) is 50.7. The van der Waals surface area contributed by atoms with Crippen LogP contribution in [0.1, 0.15) is 0 Å². The molecule has 0 radical (unpaired) electrons. The number of hydrogen-bond donors (Lipinski definition) is 16. The fourth-order valence-corrected chi connectivity index (χ4v) is 7.87. The van der Waals surface area contributed by atoms with Gasteiger partial charge in [-0.3, -0.25) is 0 Å². The standard InChI is InChI=1S/C35H58O29/c36-8-1-53-30(23(45)15(8)37)60-10-3-55-32(25(47)17(10)39)62-12-5-57-34(27(49)19(12)41)64-14-7-58-35(28(50)21(14)43)63-13-6-56-33(26(48)20(13)42)61-11-4-54-31(24(46)18(11)40)59-9-2-52-29(51)22(44)16(9)38/h8-51H,1-7H2/t8-,9-,10-,11-,12-,13-,14-,15+,16+,17+,18+,19+,20+,21+,22-,23-,24-,25-,26-,27-,28-,29-,30+,31+,32+,33+,34+,35+/m1/s1. The number of aliphatic hydroxyl groups is 16. The van der Waals surface area contributed by atoms with Gasteiger partial charge in [-0.25, -0.2) is 0 Å². The van der Waals surface area contributed by atoms with Gasteiger partial charge in [-0.1, -0.05) is 0 Å². The minimum Gasteiger partial charge on any atom is -0.388 e. The predicted octanol–water partition coefficient (Wildman–Crippen LogP) is -11.8. The van der Waals surface area contributed by atoms with Gasteiger partial charge in [0.15, 0.2) is 44.0 Å². The second-order valence-corrected chi connectivity index (χ2v) is 16.4. The molecule has 0 spiro atoms. The third kappa shape index (κ3) is 10.8. The van der Waals surface area contributed by atoms with E-state index >= 15 is 0 Å². The summed E-state index contributed by atoms with van der Waals surface area (Å²) in [5, 5.41) is 167. The molecule has 0 aromatic heterocycles. The number of hydrogen-bond acceptors (Lipinski definition) is 29. The third-order valence-electron chi connectivity index (χ3n) is 11.9. The summed E-state index contributed by atoms with van der Waals surface area (Å²) >= 11 is 0. The van der Waals surface area contributed by atoms with Crippen molar-refractivity contribution in [3.8, 4) is 0 Å². The van der Waals surface area contributed by atoms with Crippen LogP contribution in [0.25, 0.3) is 0 Å². The molecule has 0 aromatic carbocycles. The fraction of sp³-hybridized carbons (Fsp3) is 1.00. The zero-order chi connectivity index (χ0) is 46.3. The molecule has 7 heterocycles. The summed E-state index contributed by atoms with van der Waals surface area (Å²) < 4.78 is 70.7. The summed E-state index contributed by atoms with van der Waals surface area (Å²) in [6, 6.07) is 0. The quantitative estimate of drug-likeness (QED) is 0.0864. The number of aliphatic hydroxyl groups excluding tert-OH is 16. The topological polar surface area (TPSA) is 444 Å². The van der Waals surface area contributed by atoms with Gasteiger partial charge in [0, 0.05) is 0 Å². The summed E-state index contributed by atoms with van der Waals surface area (Å²) in [4.78, 5) is 0. The maximum absolute atomic E-state index is 10.9. The van der Waals surface area contributed by atoms with Crippen LogP contribution in [-0.2, 0) is 61.6 Å². The highest BCUT2D eigenvalue weighted by Crippen LogP contribution is 2.32. The molecule has 29 heteroatoms. The van der Waals surface area contributed by atoms with Gasteiger partial charge in [-0.15, -0.1) is 0 Å². The van der Waals surface area contributed by atoms with E-state index in [0.29, 0.717) is 0 Å². The highest BCUT2D eigenvalue weighted by Gasteiger charge is 2.52. The summed E-state index contributed by atoms with van der Waals surface area (Å²) in [5.74, 6) is 0. The normalized spacial score (nSPS) is 54.4. The molecule has 0 saturated carbocycles. The summed E-state index contributed by atoms with van der Waals surface area (Å²) in [7, 11) is 0. The molecule has 29 nitrogen and oxygen atoms in total. The molecule has 0 unspecified atom stereocenters. The minimum atomic E-state index is -1.87. The maximum atomic E-state index is 10.9. The van der Waals surface area contributed by atoms with Gasteiger partial charge in [-0.05, 0) is 0 Å². The molecular formula is C35H58O29. The van der Waals surface area contributed by atoms with E-state index < -0.39 is 205 Å². The van der Waals surface area contributed by atoms with Crippen molar-refractivity contribution in [1.82, 2.24) is 0 Å². The Hall–Kier alpha value is -1.16. The minimum absolute atomic E-state index is 0.377. The molecule has 7 aliphatic heterocycles. The molecule has 372 valence electrons. The fourth-order valence-electron chi connectivity index (χ4n) is 7.87. The van der Waals surface area contributed by atoms with Crippen molar-refractivity contribution in [1.29, 1.82) is 0 Å². The Morgan fingerprint density at radius 2 is 0.422 bits per heavy atom. The van der Waals surface area contributed by atoms with Crippen molar-refractivity contribution in [3.63, 3.8) is 0 Å². The number of ether oxygens (including phenoxy) is 13. The van der Waals surface area contributed by atoms with Crippen molar-refractivity contribution in [2.75, 3.05) is 46.2 Å². The van der Waals surface area contributed by atoms with E-state index in [9.17, 15) is 81.7 Å². The van der Waals surface area contributed by atoms with Crippen LogP contribution >= 0.6 is 0 Å². The van der Waals surface area contributed by atoms with E-state index in [1.165, 1.54) is 0 Å². The summed E-state index contributed by atoms with van der Waals surface area (Å²) in [6.07, 6.45) is -45.0. The second-order valence-electron chi connectivity index (χ2n) is 16.4. The average Bonchev–Trinajstić information content (AvgIpc) is 3.27. The molecule has 7 aliphatic rings. The Labute approximate surface area is 361 Å². The van der Waals surface area contributed by atoms with Crippen LogP contribution in [0.4, 0.5) is 0 Å². The van der Waals surface area contributed by atoms with Crippen LogP contribution in [0.5, 0.6) is 0 Å². The van der Waals surface area contributed by atoms with Crippen LogP contribution in [0.3, 0.4) is 0 Å². The first-order valence-electron chi connectivity index (χ1n) is 20.5. The van der Waals surface area contributed by atoms with Gasteiger partial charge in [-0.2, -0.15) is 0 Å². The predicted molar refractivity (Wildman–Crippen MR) is 190 cm³/mol. The van der Waals surface area contributed by atoms with Gasteiger partial charge < -0.3 is 143 Å². The lowest BCUT2D eigenvalue weighted by Gasteiger charge is -2.45. The SMILES string of the molecule is O[C@@H]1[C@@H](O)[C@H](O[C@@H]2CO[C@@H](O[C@@H]3CO[C@@H](O[C@@H]4CO[C@@H](O[C@@H]5CO[C@@H](O[C@@H]6CO[C@@H](O[C@@H]7CO[C@@H](O)[C@H](O)[C@H]7O)[C@H](O)[C@H]6O)[C@H](O)[C@H]5O)[C@H](O)[C@H]4O)[C@H](O)[C@H]3O)[C@H](O)[C@H]2O)OC[C@H]1O. The van der Waals surface area contributed by atoms with Crippen molar-refractivity contribution < 1.29 is 143 Å². The molecule has 0 amide bonds. The van der Waals surface area contributed by atoms with Crippen molar-refractivity contribution in [2.45, 2.75) is 172 Å². The lowest BCUT2D eigenvalue weighted by atomic mass is 10.0. The van der Waals surface area contributed by atoms with Crippen LogP contribution < -0.4 is 0 Å². The molecule has 16 N–H and O–H groups in total. The third-order valence-corrected chi connectivity index (χ3v) is 11.9. The second kappa shape index (κ2) is 21.6. The Kier molecular flexibility index (Phi) is 17.1. The van der Waals surface area contributed by atoms with E-state index in [1.807, 2.05) is 0 Å². The van der Waals surface area contributed by atoms with Gasteiger partial charge in [0.1, 0.15) is 128 Å². The summed E-state index contributed by atoms with van der Waals surface area (Å²) in [6.45, 7) is -3.12. The van der Waals surface area contributed by atoms with Crippen molar-refractivity contribution >= 4 is 0 Å². The van der Waals surface area contributed by atoms with Crippen LogP contribution in [0.2, 0.25) is 0 Å². The molecule has 7 saturated heterocycles. The Bertz CT molecular complexity index is 1350. The summed E-state index contributed by atoms with van der Waals surface area (Å²) in [5.41, 5.74) is 0.